The first-order chi connectivity index (χ1) is 8.74. The van der Waals surface area contributed by atoms with Crippen molar-refractivity contribution >= 4 is 15.9 Å². The third kappa shape index (κ3) is 3.55. The number of hydrogen-bond donors (Lipinski definition) is 0. The van der Waals surface area contributed by atoms with Crippen molar-refractivity contribution in [2.45, 2.75) is 51.4 Å². The Hall–Kier alpha value is -0.880. The molecule has 1 saturated carbocycles. The summed E-state index contributed by atoms with van der Waals surface area (Å²) in [5.41, 5.74) is 1.01. The van der Waals surface area contributed by atoms with Crippen LogP contribution in [0, 0.1) is 16.7 Å². The predicted octanol–water partition coefficient (Wildman–Crippen LogP) is 4.64. The minimum absolute atomic E-state index is 0.164. The van der Waals surface area contributed by atoms with E-state index in [0.29, 0.717) is 0 Å². The van der Waals surface area contributed by atoms with Crippen LogP contribution in [-0.4, -0.2) is 4.98 Å². The summed E-state index contributed by atoms with van der Waals surface area (Å²) in [5, 5.41) is 9.61. The number of pyridine rings is 1. The number of nitrogens with zero attached hydrogens (tertiary/aromatic N) is 2. The van der Waals surface area contributed by atoms with E-state index < -0.39 is 0 Å². The summed E-state index contributed by atoms with van der Waals surface area (Å²) in [6.07, 6.45) is 12.9. The molecule has 96 valence electrons. The van der Waals surface area contributed by atoms with Gasteiger partial charge < -0.3 is 0 Å². The molecule has 0 spiro atoms. The van der Waals surface area contributed by atoms with Gasteiger partial charge in [0.25, 0.3) is 0 Å². The van der Waals surface area contributed by atoms with E-state index in [9.17, 15) is 5.26 Å². The zero-order valence-corrected chi connectivity index (χ0v) is 12.2. The smallest absolute Gasteiger partial charge is 0.0693 e. The van der Waals surface area contributed by atoms with Crippen molar-refractivity contribution in [3.05, 3.63) is 28.5 Å². The maximum Gasteiger partial charge on any atom is 0.0693 e. The molecule has 1 aliphatic rings. The molecule has 0 aliphatic heterocycles. The Kier molecular flexibility index (Phi) is 4.77. The van der Waals surface area contributed by atoms with Crippen molar-refractivity contribution < 1.29 is 0 Å². The summed E-state index contributed by atoms with van der Waals surface area (Å²) in [4.78, 5) is 4.20. The SMILES string of the molecule is N#CC1(Cc2cncc(Br)c2)CCCCCCC1. The van der Waals surface area contributed by atoms with Gasteiger partial charge in [0, 0.05) is 16.9 Å². The predicted molar refractivity (Wildman–Crippen MR) is 76.0 cm³/mol. The van der Waals surface area contributed by atoms with E-state index >= 15 is 0 Å². The minimum atomic E-state index is -0.164. The van der Waals surface area contributed by atoms with Crippen molar-refractivity contribution in [2.24, 2.45) is 5.41 Å². The maximum atomic E-state index is 9.61. The van der Waals surface area contributed by atoms with E-state index in [2.05, 4.69) is 33.0 Å². The fourth-order valence-corrected chi connectivity index (χ4v) is 3.27. The van der Waals surface area contributed by atoms with Crippen molar-refractivity contribution in [2.75, 3.05) is 0 Å². The van der Waals surface area contributed by atoms with Crippen LogP contribution >= 0.6 is 15.9 Å². The Balaban J connectivity index is 2.13. The van der Waals surface area contributed by atoms with Gasteiger partial charge in [-0.05, 0) is 46.8 Å². The third-order valence-electron chi connectivity index (χ3n) is 3.85. The summed E-state index contributed by atoms with van der Waals surface area (Å²) >= 11 is 3.45. The van der Waals surface area contributed by atoms with E-state index in [0.717, 1.165) is 23.7 Å². The molecular weight excluding hydrogens is 288 g/mol. The average molecular weight is 307 g/mol. The van der Waals surface area contributed by atoms with Gasteiger partial charge in [-0.3, -0.25) is 4.98 Å². The van der Waals surface area contributed by atoms with Crippen molar-refractivity contribution in [1.29, 1.82) is 5.26 Å². The van der Waals surface area contributed by atoms with Crippen LogP contribution in [-0.2, 0) is 6.42 Å². The van der Waals surface area contributed by atoms with E-state index in [1.807, 2.05) is 6.20 Å². The largest absolute Gasteiger partial charge is 0.263 e. The van der Waals surface area contributed by atoms with Crippen LogP contribution in [0.5, 0.6) is 0 Å². The summed E-state index contributed by atoms with van der Waals surface area (Å²) in [6.45, 7) is 0. The number of aromatic nitrogens is 1. The molecule has 1 heterocycles. The highest BCUT2D eigenvalue weighted by atomic mass is 79.9. The molecule has 2 nitrogen and oxygen atoms in total. The lowest BCUT2D eigenvalue weighted by atomic mass is 9.73. The van der Waals surface area contributed by atoms with Gasteiger partial charge in [0.2, 0.25) is 0 Å². The second-order valence-electron chi connectivity index (χ2n) is 5.35. The van der Waals surface area contributed by atoms with Crippen LogP contribution in [0.3, 0.4) is 0 Å². The van der Waals surface area contributed by atoms with Gasteiger partial charge in [-0.1, -0.05) is 32.1 Å². The Labute approximate surface area is 118 Å². The van der Waals surface area contributed by atoms with Gasteiger partial charge in [-0.2, -0.15) is 5.26 Å². The fraction of sp³-hybridized carbons (Fsp3) is 0.600. The second kappa shape index (κ2) is 6.33. The number of hydrogen-bond acceptors (Lipinski definition) is 2. The molecule has 0 aromatic carbocycles. The lowest BCUT2D eigenvalue weighted by Crippen LogP contribution is -2.23. The molecule has 0 atom stereocenters. The lowest BCUT2D eigenvalue weighted by Gasteiger charge is -2.28. The van der Waals surface area contributed by atoms with Crippen LogP contribution in [0.25, 0.3) is 0 Å². The Morgan fingerprint density at radius 2 is 1.83 bits per heavy atom. The van der Waals surface area contributed by atoms with E-state index in [4.69, 9.17) is 0 Å². The topological polar surface area (TPSA) is 36.7 Å². The third-order valence-corrected chi connectivity index (χ3v) is 4.29. The lowest BCUT2D eigenvalue weighted by molar-refractivity contribution is 0.287. The highest BCUT2D eigenvalue weighted by molar-refractivity contribution is 9.10. The molecule has 18 heavy (non-hydrogen) atoms. The highest BCUT2D eigenvalue weighted by Crippen LogP contribution is 2.36. The van der Waals surface area contributed by atoms with Crippen LogP contribution < -0.4 is 0 Å². The zero-order chi connectivity index (χ0) is 12.8. The second-order valence-corrected chi connectivity index (χ2v) is 6.26. The standard InChI is InChI=1S/C15H19BrN2/c16-14-8-13(10-18-11-14)9-15(12-17)6-4-2-1-3-5-7-15/h8,10-11H,1-7,9H2. The maximum absolute atomic E-state index is 9.61. The molecule has 0 N–H and O–H groups in total. The molecule has 2 rings (SSSR count). The first-order valence-electron chi connectivity index (χ1n) is 6.75. The summed E-state index contributed by atoms with van der Waals surface area (Å²) in [6, 6.07) is 4.70. The average Bonchev–Trinajstić information content (AvgIpc) is 2.33. The van der Waals surface area contributed by atoms with Crippen LogP contribution in [0.4, 0.5) is 0 Å². The first kappa shape index (κ1) is 13.5. The minimum Gasteiger partial charge on any atom is -0.263 e. The molecule has 0 radical (unpaired) electrons. The van der Waals surface area contributed by atoms with Gasteiger partial charge in [0.1, 0.15) is 0 Å². The molecule has 1 fully saturated rings. The first-order valence-corrected chi connectivity index (χ1v) is 7.54. The monoisotopic (exact) mass is 306 g/mol. The van der Waals surface area contributed by atoms with Crippen molar-refractivity contribution in [3.8, 4) is 6.07 Å². The van der Waals surface area contributed by atoms with Gasteiger partial charge in [-0.15, -0.1) is 0 Å². The van der Waals surface area contributed by atoms with E-state index in [1.165, 1.54) is 37.7 Å². The molecule has 1 aliphatic carbocycles. The van der Waals surface area contributed by atoms with E-state index in [1.54, 1.807) is 6.20 Å². The Morgan fingerprint density at radius 1 is 1.17 bits per heavy atom. The van der Waals surface area contributed by atoms with Crippen LogP contribution in [0.1, 0.15) is 50.5 Å². The number of halogens is 1. The zero-order valence-electron chi connectivity index (χ0n) is 10.7. The Morgan fingerprint density at radius 3 is 2.44 bits per heavy atom. The van der Waals surface area contributed by atoms with Crippen molar-refractivity contribution in [3.63, 3.8) is 0 Å². The molecule has 0 saturated heterocycles. The summed E-state index contributed by atoms with van der Waals surface area (Å²) < 4.78 is 0.999. The fourth-order valence-electron chi connectivity index (χ4n) is 2.85. The molecule has 3 heteroatoms. The molecule has 0 bridgehead atoms. The molecule has 1 aromatic heterocycles. The Bertz CT molecular complexity index is 428. The van der Waals surface area contributed by atoms with E-state index in [-0.39, 0.29) is 5.41 Å². The van der Waals surface area contributed by atoms with Crippen LogP contribution in [0.2, 0.25) is 0 Å². The van der Waals surface area contributed by atoms with Crippen LogP contribution in [0.15, 0.2) is 22.9 Å². The van der Waals surface area contributed by atoms with Crippen molar-refractivity contribution in [1.82, 2.24) is 4.98 Å². The normalized spacial score (nSPS) is 19.6. The summed E-state index contributed by atoms with van der Waals surface area (Å²) in [5.74, 6) is 0. The number of rotatable bonds is 2. The summed E-state index contributed by atoms with van der Waals surface area (Å²) in [7, 11) is 0. The van der Waals surface area contributed by atoms with Gasteiger partial charge in [0.05, 0.1) is 11.5 Å². The quantitative estimate of drug-likeness (QED) is 0.798. The highest BCUT2D eigenvalue weighted by Gasteiger charge is 2.30. The number of nitriles is 1. The molecular formula is C15H19BrN2. The molecule has 0 amide bonds. The molecule has 0 unspecified atom stereocenters. The van der Waals surface area contributed by atoms with Gasteiger partial charge in [-0.25, -0.2) is 0 Å². The van der Waals surface area contributed by atoms with Gasteiger partial charge >= 0.3 is 0 Å². The molecule has 1 aromatic rings. The van der Waals surface area contributed by atoms with Gasteiger partial charge in [0.15, 0.2) is 0 Å².